The monoisotopic (exact) mass is 526 g/mol. The van der Waals surface area contributed by atoms with Crippen LogP contribution >= 0.6 is 0 Å². The van der Waals surface area contributed by atoms with Gasteiger partial charge in [0.2, 0.25) is 0 Å². The van der Waals surface area contributed by atoms with Gasteiger partial charge in [0, 0.05) is 19.6 Å². The van der Waals surface area contributed by atoms with Crippen molar-refractivity contribution in [2.75, 3.05) is 20.2 Å². The third-order valence-corrected chi connectivity index (χ3v) is 8.60. The van der Waals surface area contributed by atoms with Crippen molar-refractivity contribution in [3.05, 3.63) is 64.2 Å². The molecule has 2 aromatic rings. The lowest BCUT2D eigenvalue weighted by Crippen LogP contribution is -2.49. The van der Waals surface area contributed by atoms with Gasteiger partial charge in [-0.3, -0.25) is 9.69 Å². The number of halogens is 3. The standard InChI is InChI=1S/C30H33F3N2O3/c1-19(28(36)37-2)27(22-5-6-22)23-7-4-21-9-10-29(38-26(21)16-23)11-13-35(14-12-29)18-24-15-20(17-34)3-8-25(24)30(31,32)33/h3-4,7-8,15-16,19,22,27H,5-6,9-14,18H2,1-2H3/t19-,27+/m1/s1. The van der Waals surface area contributed by atoms with E-state index in [4.69, 9.17) is 9.47 Å². The number of fused-ring (bicyclic) bond motifs is 1. The fourth-order valence-electron chi connectivity index (χ4n) is 6.27. The van der Waals surface area contributed by atoms with Crippen molar-refractivity contribution in [3.8, 4) is 11.8 Å². The van der Waals surface area contributed by atoms with Crippen LogP contribution in [0.2, 0.25) is 0 Å². The molecule has 1 spiro atoms. The molecule has 2 atom stereocenters. The summed E-state index contributed by atoms with van der Waals surface area (Å²) in [7, 11) is 1.43. The van der Waals surface area contributed by atoms with Gasteiger partial charge in [-0.1, -0.05) is 19.1 Å². The Kier molecular flexibility index (Phi) is 7.17. The van der Waals surface area contributed by atoms with Gasteiger partial charge in [-0.25, -0.2) is 0 Å². The first kappa shape index (κ1) is 26.6. The summed E-state index contributed by atoms with van der Waals surface area (Å²) >= 11 is 0. The molecule has 0 bridgehead atoms. The van der Waals surface area contributed by atoms with Gasteiger partial charge in [0.15, 0.2) is 0 Å². The zero-order valence-electron chi connectivity index (χ0n) is 21.8. The minimum atomic E-state index is -4.46. The van der Waals surface area contributed by atoms with Gasteiger partial charge in [-0.15, -0.1) is 0 Å². The van der Waals surface area contributed by atoms with Crippen LogP contribution in [0, 0.1) is 23.2 Å². The lowest BCUT2D eigenvalue weighted by Gasteiger charge is -2.45. The van der Waals surface area contributed by atoms with E-state index in [2.05, 4.69) is 18.2 Å². The molecule has 0 radical (unpaired) electrons. The topological polar surface area (TPSA) is 62.6 Å². The molecule has 38 heavy (non-hydrogen) atoms. The number of ether oxygens (including phenoxy) is 2. The third kappa shape index (κ3) is 5.40. The number of aryl methyl sites for hydroxylation is 1. The maximum Gasteiger partial charge on any atom is 0.416 e. The maximum absolute atomic E-state index is 13.6. The Hall–Kier alpha value is -3.05. The van der Waals surface area contributed by atoms with Crippen LogP contribution in [-0.2, 0) is 28.7 Å². The molecule has 0 unspecified atom stereocenters. The highest BCUT2D eigenvalue weighted by Gasteiger charge is 2.42. The van der Waals surface area contributed by atoms with E-state index in [0.717, 1.165) is 61.5 Å². The van der Waals surface area contributed by atoms with E-state index in [1.165, 1.54) is 19.2 Å². The van der Waals surface area contributed by atoms with Crippen LogP contribution in [-0.4, -0.2) is 36.7 Å². The van der Waals surface area contributed by atoms with Crippen molar-refractivity contribution in [2.45, 2.75) is 69.7 Å². The molecular formula is C30H33F3N2O3. The van der Waals surface area contributed by atoms with Crippen LogP contribution in [0.4, 0.5) is 13.2 Å². The zero-order valence-corrected chi connectivity index (χ0v) is 21.8. The predicted octanol–water partition coefficient (Wildman–Crippen LogP) is 6.24. The van der Waals surface area contributed by atoms with Gasteiger partial charge < -0.3 is 9.47 Å². The number of alkyl halides is 3. The van der Waals surface area contributed by atoms with E-state index in [1.54, 1.807) is 0 Å². The molecule has 5 nitrogen and oxygen atoms in total. The number of esters is 1. The summed E-state index contributed by atoms with van der Waals surface area (Å²) < 4.78 is 52.4. The molecule has 1 aliphatic carbocycles. The van der Waals surface area contributed by atoms with Gasteiger partial charge in [0.1, 0.15) is 11.4 Å². The number of rotatable bonds is 6. The van der Waals surface area contributed by atoms with E-state index in [9.17, 15) is 23.2 Å². The first-order valence-corrected chi connectivity index (χ1v) is 13.3. The fourth-order valence-corrected chi connectivity index (χ4v) is 6.27. The summed E-state index contributed by atoms with van der Waals surface area (Å²) in [6, 6.07) is 11.9. The van der Waals surface area contributed by atoms with Gasteiger partial charge in [-0.05, 0) is 91.3 Å². The number of methoxy groups -OCH3 is 1. The Morgan fingerprint density at radius 3 is 2.55 bits per heavy atom. The van der Waals surface area contributed by atoms with E-state index >= 15 is 0 Å². The SMILES string of the molecule is COC(=O)[C@H](C)[C@H](c1ccc2c(c1)OC1(CC2)CCN(Cc2cc(C#N)ccc2C(F)(F)F)CC1)C1CC1. The van der Waals surface area contributed by atoms with E-state index < -0.39 is 11.7 Å². The van der Waals surface area contributed by atoms with Gasteiger partial charge in [0.05, 0.1) is 30.2 Å². The molecule has 1 saturated carbocycles. The third-order valence-electron chi connectivity index (χ3n) is 8.60. The molecule has 8 heteroatoms. The van der Waals surface area contributed by atoms with Crippen molar-refractivity contribution >= 4 is 5.97 Å². The number of nitriles is 1. The Bertz CT molecular complexity index is 1240. The Morgan fingerprint density at radius 2 is 1.92 bits per heavy atom. The largest absolute Gasteiger partial charge is 0.487 e. The number of nitrogens with zero attached hydrogens (tertiary/aromatic N) is 2. The summed E-state index contributed by atoms with van der Waals surface area (Å²) in [4.78, 5) is 14.3. The second kappa shape index (κ2) is 10.3. The molecular weight excluding hydrogens is 493 g/mol. The van der Waals surface area contributed by atoms with E-state index in [0.29, 0.717) is 19.0 Å². The van der Waals surface area contributed by atoms with Crippen molar-refractivity contribution < 1.29 is 27.4 Å². The van der Waals surface area contributed by atoms with Crippen LogP contribution in [0.25, 0.3) is 0 Å². The minimum Gasteiger partial charge on any atom is -0.487 e. The average molecular weight is 527 g/mol. The molecule has 2 aliphatic heterocycles. The molecule has 2 aromatic carbocycles. The zero-order chi connectivity index (χ0) is 27.1. The Balaban J connectivity index is 1.29. The van der Waals surface area contributed by atoms with Crippen LogP contribution in [0.5, 0.6) is 5.75 Å². The Morgan fingerprint density at radius 1 is 1.18 bits per heavy atom. The van der Waals surface area contributed by atoms with Crippen molar-refractivity contribution in [1.82, 2.24) is 4.90 Å². The number of benzene rings is 2. The lowest BCUT2D eigenvalue weighted by molar-refractivity contribution is -0.145. The summed E-state index contributed by atoms with van der Waals surface area (Å²) in [6.07, 6.45) is 0.960. The summed E-state index contributed by atoms with van der Waals surface area (Å²) in [6.45, 7) is 3.32. The highest BCUT2D eigenvalue weighted by molar-refractivity contribution is 5.73. The van der Waals surface area contributed by atoms with E-state index in [1.807, 2.05) is 17.9 Å². The number of piperidine rings is 1. The average Bonchev–Trinajstić information content (AvgIpc) is 3.74. The summed E-state index contributed by atoms with van der Waals surface area (Å²) in [5.41, 5.74) is 1.61. The highest BCUT2D eigenvalue weighted by atomic mass is 19.4. The number of likely N-dealkylation sites (tertiary alicyclic amines) is 1. The van der Waals surface area contributed by atoms with Gasteiger partial charge in [0.25, 0.3) is 0 Å². The molecule has 2 fully saturated rings. The summed E-state index contributed by atoms with van der Waals surface area (Å²) in [5, 5.41) is 9.18. The number of carbonyl (C=O) groups excluding carboxylic acids is 1. The van der Waals surface area contributed by atoms with Crippen LogP contribution < -0.4 is 4.74 Å². The van der Waals surface area contributed by atoms with Crippen LogP contribution in [0.1, 0.15) is 72.8 Å². The smallest absolute Gasteiger partial charge is 0.416 e. The van der Waals surface area contributed by atoms with Crippen molar-refractivity contribution in [2.24, 2.45) is 11.8 Å². The first-order chi connectivity index (χ1) is 18.1. The lowest BCUT2D eigenvalue weighted by atomic mass is 9.80. The number of hydrogen-bond acceptors (Lipinski definition) is 5. The highest BCUT2D eigenvalue weighted by Crippen LogP contribution is 2.49. The van der Waals surface area contributed by atoms with Crippen molar-refractivity contribution in [3.63, 3.8) is 0 Å². The van der Waals surface area contributed by atoms with Crippen LogP contribution in [0.15, 0.2) is 36.4 Å². The molecule has 0 amide bonds. The molecule has 3 aliphatic rings. The van der Waals surface area contributed by atoms with Gasteiger partial charge in [-0.2, -0.15) is 18.4 Å². The molecule has 5 rings (SSSR count). The number of carbonyl (C=O) groups is 1. The van der Waals surface area contributed by atoms with Crippen LogP contribution in [0.3, 0.4) is 0 Å². The second-order valence-corrected chi connectivity index (χ2v) is 11.1. The first-order valence-electron chi connectivity index (χ1n) is 13.3. The second-order valence-electron chi connectivity index (χ2n) is 11.1. The van der Waals surface area contributed by atoms with Crippen molar-refractivity contribution in [1.29, 1.82) is 5.26 Å². The predicted molar refractivity (Wildman–Crippen MR) is 135 cm³/mol. The molecule has 0 N–H and O–H groups in total. The molecule has 0 aromatic heterocycles. The maximum atomic E-state index is 13.6. The normalized spacial score (nSPS) is 20.6. The molecule has 2 heterocycles. The molecule has 1 saturated heterocycles. The number of hydrogen-bond donors (Lipinski definition) is 0. The fraction of sp³-hybridized carbons (Fsp3) is 0.533. The Labute approximate surface area is 221 Å². The van der Waals surface area contributed by atoms with E-state index in [-0.39, 0.29) is 41.1 Å². The molecule has 202 valence electrons. The van der Waals surface area contributed by atoms with Gasteiger partial charge >= 0.3 is 12.1 Å². The quantitative estimate of drug-likeness (QED) is 0.417. The minimum absolute atomic E-state index is 0.100. The summed E-state index contributed by atoms with van der Waals surface area (Å²) in [5.74, 6) is 1.02.